The predicted molar refractivity (Wildman–Crippen MR) is 89.3 cm³/mol. The van der Waals surface area contributed by atoms with Gasteiger partial charge in [0.25, 0.3) is 0 Å². The molecule has 0 atom stereocenters. The van der Waals surface area contributed by atoms with Crippen LogP contribution in [0.1, 0.15) is 12.5 Å². The summed E-state index contributed by atoms with van der Waals surface area (Å²) in [6.07, 6.45) is 3.79. The van der Waals surface area contributed by atoms with Crippen LogP contribution in [0.2, 0.25) is 10.0 Å². The molecule has 0 saturated heterocycles. The first kappa shape index (κ1) is 16.8. The number of hydrogen-bond acceptors (Lipinski definition) is 3. The predicted octanol–water partition coefficient (Wildman–Crippen LogP) is 3.28. The topological polar surface area (TPSA) is 50.2 Å². The number of nitrogens with one attached hydrogen (secondary N) is 1. The summed E-state index contributed by atoms with van der Waals surface area (Å²) in [6.45, 7) is 3.78. The first-order valence-corrected chi connectivity index (χ1v) is 7.68. The molecule has 0 aliphatic heterocycles. The number of carbonyl (C=O) groups excluding carboxylic acids is 1. The fourth-order valence-corrected chi connectivity index (χ4v) is 2.51. The van der Waals surface area contributed by atoms with Crippen molar-refractivity contribution in [2.45, 2.75) is 20.0 Å². The van der Waals surface area contributed by atoms with E-state index < -0.39 is 0 Å². The molecule has 0 unspecified atom stereocenters. The third-order valence-electron chi connectivity index (χ3n) is 3.08. The molecule has 1 aromatic heterocycles. The average Bonchev–Trinajstić information content (AvgIpc) is 2.89. The lowest BCUT2D eigenvalue weighted by atomic mass is 10.3. The Morgan fingerprint density at radius 2 is 2.18 bits per heavy atom. The van der Waals surface area contributed by atoms with Crippen LogP contribution in [-0.4, -0.2) is 34.2 Å². The van der Waals surface area contributed by atoms with E-state index in [1.807, 2.05) is 35.9 Å². The third kappa shape index (κ3) is 4.73. The van der Waals surface area contributed by atoms with Gasteiger partial charge in [-0.15, -0.1) is 0 Å². The van der Waals surface area contributed by atoms with Gasteiger partial charge in [0, 0.05) is 29.9 Å². The van der Waals surface area contributed by atoms with Crippen molar-refractivity contribution in [3.63, 3.8) is 0 Å². The minimum Gasteiger partial charge on any atom is -0.324 e. The number of anilines is 1. The second-order valence-electron chi connectivity index (χ2n) is 5.05. The van der Waals surface area contributed by atoms with Crippen LogP contribution < -0.4 is 5.32 Å². The normalized spacial score (nSPS) is 11.0. The number of rotatable bonds is 6. The van der Waals surface area contributed by atoms with Gasteiger partial charge in [-0.25, -0.2) is 0 Å². The molecule has 1 heterocycles. The number of aromatic nitrogens is 2. The maximum Gasteiger partial charge on any atom is 0.238 e. The molecule has 0 radical (unpaired) electrons. The SMILES string of the molecule is CCn1cc(CN(C)CC(=O)Nc2ccc(Cl)cc2Cl)cn1. The van der Waals surface area contributed by atoms with Crippen LogP contribution in [-0.2, 0) is 17.9 Å². The second kappa shape index (κ2) is 7.63. The highest BCUT2D eigenvalue weighted by atomic mass is 35.5. The summed E-state index contributed by atoms with van der Waals surface area (Å²) in [5.74, 6) is -0.130. The summed E-state index contributed by atoms with van der Waals surface area (Å²) in [4.78, 5) is 14.0. The van der Waals surface area contributed by atoms with Gasteiger partial charge in [-0.2, -0.15) is 5.10 Å². The molecule has 2 rings (SSSR count). The average molecular weight is 341 g/mol. The van der Waals surface area contributed by atoms with Gasteiger partial charge in [0.2, 0.25) is 5.91 Å². The van der Waals surface area contributed by atoms with Crippen LogP contribution in [0.3, 0.4) is 0 Å². The second-order valence-corrected chi connectivity index (χ2v) is 5.89. The van der Waals surface area contributed by atoms with Gasteiger partial charge >= 0.3 is 0 Å². The molecular formula is C15H18Cl2N4O. The lowest BCUT2D eigenvalue weighted by molar-refractivity contribution is -0.117. The molecule has 0 bridgehead atoms. The zero-order valence-corrected chi connectivity index (χ0v) is 14.0. The molecule has 1 aromatic carbocycles. The first-order chi connectivity index (χ1) is 10.5. The minimum absolute atomic E-state index is 0.130. The maximum atomic E-state index is 12.0. The molecule has 0 aliphatic rings. The monoisotopic (exact) mass is 340 g/mol. The van der Waals surface area contributed by atoms with Gasteiger partial charge in [-0.1, -0.05) is 23.2 Å². The van der Waals surface area contributed by atoms with Gasteiger partial charge in [0.05, 0.1) is 23.5 Å². The van der Waals surface area contributed by atoms with E-state index in [9.17, 15) is 4.79 Å². The number of benzene rings is 1. The van der Waals surface area contributed by atoms with Gasteiger partial charge < -0.3 is 5.32 Å². The highest BCUT2D eigenvalue weighted by Gasteiger charge is 2.10. The molecule has 1 amide bonds. The van der Waals surface area contributed by atoms with Crippen molar-refractivity contribution in [3.05, 3.63) is 46.2 Å². The van der Waals surface area contributed by atoms with Crippen molar-refractivity contribution >= 4 is 34.8 Å². The number of amides is 1. The summed E-state index contributed by atoms with van der Waals surface area (Å²) in [6, 6.07) is 4.97. The fraction of sp³-hybridized carbons (Fsp3) is 0.333. The number of carbonyl (C=O) groups is 1. The van der Waals surface area contributed by atoms with Crippen molar-refractivity contribution in [1.29, 1.82) is 0 Å². The number of likely N-dealkylation sites (N-methyl/N-ethyl adjacent to an activating group) is 1. The minimum atomic E-state index is -0.130. The van der Waals surface area contributed by atoms with E-state index >= 15 is 0 Å². The zero-order valence-electron chi connectivity index (χ0n) is 12.5. The fourth-order valence-electron chi connectivity index (χ4n) is 2.05. The molecule has 7 heteroatoms. The standard InChI is InChI=1S/C15H18Cl2N4O/c1-3-21-9-11(7-18-21)8-20(2)10-15(22)19-14-5-4-12(16)6-13(14)17/h4-7,9H,3,8,10H2,1-2H3,(H,19,22). The molecule has 1 N–H and O–H groups in total. The highest BCUT2D eigenvalue weighted by molar-refractivity contribution is 6.36. The van der Waals surface area contributed by atoms with Crippen molar-refractivity contribution in [2.75, 3.05) is 18.9 Å². The smallest absolute Gasteiger partial charge is 0.238 e. The Hall–Kier alpha value is -1.56. The van der Waals surface area contributed by atoms with Gasteiger partial charge in [0.15, 0.2) is 0 Å². The molecule has 118 valence electrons. The molecule has 0 fully saturated rings. The quantitative estimate of drug-likeness (QED) is 0.877. The van der Waals surface area contributed by atoms with Crippen LogP contribution in [0.5, 0.6) is 0 Å². The van der Waals surface area contributed by atoms with E-state index in [0.29, 0.717) is 22.3 Å². The Bertz CT molecular complexity index is 657. The molecular weight excluding hydrogens is 323 g/mol. The molecule has 0 spiro atoms. The Balaban J connectivity index is 1.88. The van der Waals surface area contributed by atoms with E-state index in [2.05, 4.69) is 10.4 Å². The Morgan fingerprint density at radius 1 is 1.41 bits per heavy atom. The lowest BCUT2D eigenvalue weighted by Crippen LogP contribution is -2.29. The maximum absolute atomic E-state index is 12.0. The Morgan fingerprint density at radius 3 is 2.82 bits per heavy atom. The van der Waals surface area contributed by atoms with E-state index in [0.717, 1.165) is 12.1 Å². The van der Waals surface area contributed by atoms with E-state index in [-0.39, 0.29) is 12.5 Å². The van der Waals surface area contributed by atoms with Crippen LogP contribution in [0.25, 0.3) is 0 Å². The van der Waals surface area contributed by atoms with E-state index in [1.165, 1.54) is 0 Å². The first-order valence-electron chi connectivity index (χ1n) is 6.92. The van der Waals surface area contributed by atoms with Crippen molar-refractivity contribution < 1.29 is 4.79 Å². The molecule has 5 nitrogen and oxygen atoms in total. The van der Waals surface area contributed by atoms with Crippen LogP contribution in [0, 0.1) is 0 Å². The molecule has 0 aliphatic carbocycles. The zero-order chi connectivity index (χ0) is 16.1. The van der Waals surface area contributed by atoms with Gasteiger partial charge in [-0.3, -0.25) is 14.4 Å². The molecule has 22 heavy (non-hydrogen) atoms. The number of halogens is 2. The van der Waals surface area contributed by atoms with Gasteiger partial charge in [-0.05, 0) is 32.2 Å². The van der Waals surface area contributed by atoms with E-state index in [1.54, 1.807) is 18.2 Å². The summed E-state index contributed by atoms with van der Waals surface area (Å²) in [7, 11) is 1.88. The Labute approximate surface area is 139 Å². The van der Waals surface area contributed by atoms with Crippen LogP contribution in [0.4, 0.5) is 5.69 Å². The summed E-state index contributed by atoms with van der Waals surface area (Å²) < 4.78 is 1.86. The summed E-state index contributed by atoms with van der Waals surface area (Å²) >= 11 is 11.9. The molecule has 2 aromatic rings. The summed E-state index contributed by atoms with van der Waals surface area (Å²) in [5, 5.41) is 7.95. The summed E-state index contributed by atoms with van der Waals surface area (Å²) in [5.41, 5.74) is 1.63. The lowest BCUT2D eigenvalue weighted by Gasteiger charge is -2.15. The van der Waals surface area contributed by atoms with Crippen LogP contribution >= 0.6 is 23.2 Å². The number of hydrogen-bond donors (Lipinski definition) is 1. The van der Waals surface area contributed by atoms with Crippen molar-refractivity contribution in [1.82, 2.24) is 14.7 Å². The Kier molecular flexibility index (Phi) is 5.83. The van der Waals surface area contributed by atoms with Gasteiger partial charge in [0.1, 0.15) is 0 Å². The van der Waals surface area contributed by atoms with Crippen molar-refractivity contribution in [2.24, 2.45) is 0 Å². The van der Waals surface area contributed by atoms with Crippen LogP contribution in [0.15, 0.2) is 30.6 Å². The van der Waals surface area contributed by atoms with E-state index in [4.69, 9.17) is 23.2 Å². The van der Waals surface area contributed by atoms with Crippen molar-refractivity contribution in [3.8, 4) is 0 Å². The largest absolute Gasteiger partial charge is 0.324 e. The highest BCUT2D eigenvalue weighted by Crippen LogP contribution is 2.25. The third-order valence-corrected chi connectivity index (χ3v) is 3.63. The number of aryl methyl sites for hydroxylation is 1. The molecule has 0 saturated carbocycles. The number of nitrogens with zero attached hydrogens (tertiary/aromatic N) is 3.